The second-order valence-corrected chi connectivity index (χ2v) is 8.47. The maximum Gasteiger partial charge on any atom is 0.115 e. The summed E-state index contributed by atoms with van der Waals surface area (Å²) in [6.07, 6.45) is 3.61. The van der Waals surface area contributed by atoms with Gasteiger partial charge in [0.2, 0.25) is 0 Å². The lowest BCUT2D eigenvalue weighted by atomic mass is 10.2. The molecule has 0 saturated heterocycles. The predicted octanol–water partition coefficient (Wildman–Crippen LogP) is 4.09. The van der Waals surface area contributed by atoms with E-state index in [-0.39, 0.29) is 6.04 Å². The van der Waals surface area contributed by atoms with Crippen LogP contribution < -0.4 is 5.32 Å². The molecular weight excluding hydrogens is 368 g/mol. The summed E-state index contributed by atoms with van der Waals surface area (Å²) in [5.41, 5.74) is 1.32. The molecule has 3 nitrogen and oxygen atoms in total. The van der Waals surface area contributed by atoms with Gasteiger partial charge < -0.3 is 10.1 Å². The lowest BCUT2D eigenvalue weighted by molar-refractivity contribution is 0.197. The number of hydrogen-bond donors (Lipinski definition) is 1. The number of fused-ring (bicyclic) bond motifs is 1. The molecule has 2 aromatic rings. The topological polar surface area (TPSA) is 34.1 Å². The fourth-order valence-corrected chi connectivity index (χ4v) is 5.54. The van der Waals surface area contributed by atoms with Crippen molar-refractivity contribution in [3.8, 4) is 0 Å². The minimum Gasteiger partial charge on any atom is -0.383 e. The van der Waals surface area contributed by atoms with Gasteiger partial charge in [0.25, 0.3) is 0 Å². The molecule has 0 radical (unpaired) electrons. The van der Waals surface area contributed by atoms with E-state index < -0.39 is 0 Å². The molecule has 1 aliphatic carbocycles. The predicted molar refractivity (Wildman–Crippen MR) is 92.6 cm³/mol. The normalized spacial score (nSPS) is 15.4. The Morgan fingerprint density at radius 2 is 2.29 bits per heavy atom. The number of nitrogens with one attached hydrogen (secondary N) is 1. The first-order chi connectivity index (χ1) is 10.2. The van der Waals surface area contributed by atoms with Gasteiger partial charge >= 0.3 is 0 Å². The maximum atomic E-state index is 5.17. The van der Waals surface area contributed by atoms with Crippen LogP contribution in [0.5, 0.6) is 0 Å². The lowest BCUT2D eigenvalue weighted by Gasteiger charge is -2.15. The van der Waals surface area contributed by atoms with Crippen LogP contribution in [0.1, 0.15) is 37.8 Å². The molecular formula is C15H19BrN2OS2. The molecule has 0 saturated carbocycles. The van der Waals surface area contributed by atoms with Crippen LogP contribution in [0.3, 0.4) is 0 Å². The van der Waals surface area contributed by atoms with Crippen LogP contribution in [-0.2, 0) is 17.6 Å². The standard InChI is InChI=1S/C15H19BrN2OS2/c1-9-10(16)8-13(20-9)14(17-6-7-19-2)15-18-11-4-3-5-12(11)21-15/h8,14,17H,3-7H2,1-2H3. The highest BCUT2D eigenvalue weighted by Crippen LogP contribution is 2.37. The molecule has 1 unspecified atom stereocenters. The molecule has 3 rings (SSSR count). The molecule has 0 amide bonds. The summed E-state index contributed by atoms with van der Waals surface area (Å²) in [5, 5.41) is 4.79. The van der Waals surface area contributed by atoms with E-state index in [4.69, 9.17) is 9.72 Å². The number of aromatic nitrogens is 1. The van der Waals surface area contributed by atoms with Gasteiger partial charge in [0.05, 0.1) is 18.3 Å². The summed E-state index contributed by atoms with van der Waals surface area (Å²) in [7, 11) is 1.74. The van der Waals surface area contributed by atoms with E-state index in [2.05, 4.69) is 34.2 Å². The van der Waals surface area contributed by atoms with Gasteiger partial charge in [0.15, 0.2) is 0 Å². The number of methoxy groups -OCH3 is 1. The molecule has 21 heavy (non-hydrogen) atoms. The van der Waals surface area contributed by atoms with Crippen molar-refractivity contribution < 1.29 is 4.74 Å². The Morgan fingerprint density at radius 1 is 1.43 bits per heavy atom. The summed E-state index contributed by atoms with van der Waals surface area (Å²) in [6, 6.07) is 2.41. The van der Waals surface area contributed by atoms with Crippen LogP contribution in [0.15, 0.2) is 10.5 Å². The van der Waals surface area contributed by atoms with Crippen molar-refractivity contribution in [2.45, 2.75) is 32.2 Å². The highest BCUT2D eigenvalue weighted by atomic mass is 79.9. The molecule has 1 N–H and O–H groups in total. The number of nitrogens with zero attached hydrogens (tertiary/aromatic N) is 1. The van der Waals surface area contributed by atoms with Crippen molar-refractivity contribution in [3.05, 3.63) is 35.9 Å². The zero-order valence-electron chi connectivity index (χ0n) is 12.2. The second-order valence-electron chi connectivity index (χ2n) is 5.21. The zero-order valence-corrected chi connectivity index (χ0v) is 15.5. The molecule has 0 fully saturated rings. The van der Waals surface area contributed by atoms with Crippen molar-refractivity contribution in [1.82, 2.24) is 10.3 Å². The van der Waals surface area contributed by atoms with Crippen molar-refractivity contribution in [1.29, 1.82) is 0 Å². The van der Waals surface area contributed by atoms with Gasteiger partial charge in [-0.15, -0.1) is 22.7 Å². The first kappa shape index (κ1) is 15.6. The Bertz CT molecular complexity index is 582. The van der Waals surface area contributed by atoms with Gasteiger partial charge in [-0.25, -0.2) is 4.98 Å². The summed E-state index contributed by atoms with van der Waals surface area (Å²) in [4.78, 5) is 9.01. The Kier molecular flexibility index (Phi) is 5.11. The third-order valence-corrected chi connectivity index (χ3v) is 7.10. The number of rotatable bonds is 6. The maximum absolute atomic E-state index is 5.17. The fraction of sp³-hybridized carbons (Fsp3) is 0.533. The van der Waals surface area contributed by atoms with Crippen molar-refractivity contribution in [3.63, 3.8) is 0 Å². The molecule has 2 heterocycles. The first-order valence-electron chi connectivity index (χ1n) is 7.15. The summed E-state index contributed by atoms with van der Waals surface area (Å²) in [6.45, 7) is 3.69. The SMILES string of the molecule is COCCNC(c1cc(Br)c(C)s1)c1nc2c(s1)CCC2. The number of hydrogen-bond acceptors (Lipinski definition) is 5. The molecule has 0 aliphatic heterocycles. The van der Waals surface area contributed by atoms with E-state index in [1.54, 1.807) is 7.11 Å². The molecule has 114 valence electrons. The van der Waals surface area contributed by atoms with E-state index in [1.165, 1.54) is 42.6 Å². The van der Waals surface area contributed by atoms with E-state index in [0.29, 0.717) is 6.61 Å². The van der Waals surface area contributed by atoms with Crippen LogP contribution in [0.25, 0.3) is 0 Å². The quantitative estimate of drug-likeness (QED) is 0.759. The minimum atomic E-state index is 0.186. The number of thiophene rings is 1. The van der Waals surface area contributed by atoms with Crippen LogP contribution in [0.2, 0.25) is 0 Å². The van der Waals surface area contributed by atoms with Gasteiger partial charge in [-0.2, -0.15) is 0 Å². The van der Waals surface area contributed by atoms with Crippen LogP contribution >= 0.6 is 38.6 Å². The number of ether oxygens (including phenoxy) is 1. The van der Waals surface area contributed by atoms with Crippen LogP contribution in [0, 0.1) is 6.92 Å². The van der Waals surface area contributed by atoms with Gasteiger partial charge in [-0.1, -0.05) is 0 Å². The van der Waals surface area contributed by atoms with E-state index in [1.807, 2.05) is 22.7 Å². The van der Waals surface area contributed by atoms with Crippen LogP contribution in [0.4, 0.5) is 0 Å². The summed E-state index contributed by atoms with van der Waals surface area (Å²) < 4.78 is 6.35. The number of aryl methyl sites for hydroxylation is 3. The fourth-order valence-electron chi connectivity index (χ4n) is 2.57. The van der Waals surface area contributed by atoms with Crippen LogP contribution in [-0.4, -0.2) is 25.2 Å². The largest absolute Gasteiger partial charge is 0.383 e. The molecule has 1 atom stereocenters. The Morgan fingerprint density at radius 3 is 2.95 bits per heavy atom. The highest BCUT2D eigenvalue weighted by Gasteiger charge is 2.24. The minimum absolute atomic E-state index is 0.186. The first-order valence-corrected chi connectivity index (χ1v) is 9.58. The molecule has 2 aromatic heterocycles. The second kappa shape index (κ2) is 6.87. The average molecular weight is 387 g/mol. The van der Waals surface area contributed by atoms with E-state index in [9.17, 15) is 0 Å². The third kappa shape index (κ3) is 3.40. The van der Waals surface area contributed by atoms with Gasteiger partial charge in [-0.05, 0) is 48.2 Å². The van der Waals surface area contributed by atoms with E-state index in [0.717, 1.165) is 13.0 Å². The third-order valence-electron chi connectivity index (χ3n) is 3.67. The zero-order chi connectivity index (χ0) is 14.8. The van der Waals surface area contributed by atoms with E-state index >= 15 is 0 Å². The monoisotopic (exact) mass is 386 g/mol. The van der Waals surface area contributed by atoms with Crippen molar-refractivity contribution in [2.75, 3.05) is 20.3 Å². The molecule has 0 spiro atoms. The molecule has 0 aromatic carbocycles. The highest BCUT2D eigenvalue weighted by molar-refractivity contribution is 9.10. The Hall–Kier alpha value is -0.270. The molecule has 6 heteroatoms. The number of halogens is 1. The number of thiazole rings is 1. The average Bonchev–Trinajstić information content (AvgIpc) is 3.11. The smallest absolute Gasteiger partial charge is 0.115 e. The Balaban J connectivity index is 1.87. The van der Waals surface area contributed by atoms with Crippen molar-refractivity contribution >= 4 is 38.6 Å². The summed E-state index contributed by atoms with van der Waals surface area (Å²) >= 11 is 7.33. The summed E-state index contributed by atoms with van der Waals surface area (Å²) in [5.74, 6) is 0. The lowest BCUT2D eigenvalue weighted by Crippen LogP contribution is -2.25. The molecule has 0 bridgehead atoms. The van der Waals surface area contributed by atoms with Gasteiger partial charge in [-0.3, -0.25) is 0 Å². The van der Waals surface area contributed by atoms with Gasteiger partial charge in [0, 0.05) is 32.8 Å². The molecule has 1 aliphatic rings. The Labute approximate surface area is 141 Å². The van der Waals surface area contributed by atoms with Gasteiger partial charge in [0.1, 0.15) is 5.01 Å². The van der Waals surface area contributed by atoms with Crippen molar-refractivity contribution in [2.24, 2.45) is 0 Å².